The summed E-state index contributed by atoms with van der Waals surface area (Å²) in [4.78, 5) is 6.37. The first-order valence-electron chi connectivity index (χ1n) is 6.59. The van der Waals surface area contributed by atoms with Crippen LogP contribution in [0.1, 0.15) is 0 Å². The molecule has 0 amide bonds. The summed E-state index contributed by atoms with van der Waals surface area (Å²) < 4.78 is 0. The van der Waals surface area contributed by atoms with E-state index in [0.29, 0.717) is 17.1 Å². The normalized spacial score (nSPS) is 16.6. The number of hydrogen-bond acceptors (Lipinski definition) is 6. The molecule has 0 fully saturated rings. The predicted octanol–water partition coefficient (Wildman–Crippen LogP) is 0.459. The van der Waals surface area contributed by atoms with Crippen LogP contribution in [0.5, 0.6) is 0 Å². The monoisotopic (exact) mass is 289 g/mol. The van der Waals surface area contributed by atoms with Gasteiger partial charge in [0.2, 0.25) is 0 Å². The lowest BCUT2D eigenvalue weighted by Gasteiger charge is -2.12. The number of aliphatic hydroxyl groups excluding tert-OH is 2. The van der Waals surface area contributed by atoms with Crippen molar-refractivity contribution in [3.05, 3.63) is 24.3 Å². The Morgan fingerprint density at radius 1 is 1.24 bits per heavy atom. The lowest BCUT2D eigenvalue weighted by Crippen LogP contribution is -2.29. The molecule has 1 aromatic rings. The quantitative estimate of drug-likeness (QED) is 0.733. The third-order valence-electron chi connectivity index (χ3n) is 3.07. The second-order valence-electron chi connectivity index (χ2n) is 4.77. The summed E-state index contributed by atoms with van der Waals surface area (Å²) in [5.74, 6) is 0.0878. The molecule has 0 aromatic heterocycles. The number of nitrogens with one attached hydrogen (secondary N) is 1. The predicted molar refractivity (Wildman–Crippen MR) is 83.9 cm³/mol. The van der Waals surface area contributed by atoms with Crippen molar-refractivity contribution in [3.63, 3.8) is 0 Å². The lowest BCUT2D eigenvalue weighted by atomic mass is 10.2. The first kappa shape index (κ1) is 15.1. The van der Waals surface area contributed by atoms with Crippen LogP contribution in [0.25, 0.3) is 0 Å². The van der Waals surface area contributed by atoms with Crippen molar-refractivity contribution in [1.29, 1.82) is 5.41 Å². The molecular weight excluding hydrogens is 270 g/mol. The van der Waals surface area contributed by atoms with Gasteiger partial charge in [0.25, 0.3) is 0 Å². The zero-order valence-corrected chi connectivity index (χ0v) is 12.1. The minimum absolute atomic E-state index is 0.0878. The Kier molecular flexibility index (Phi) is 4.66. The van der Waals surface area contributed by atoms with E-state index in [9.17, 15) is 5.11 Å². The van der Waals surface area contributed by atoms with E-state index < -0.39 is 0 Å². The van der Waals surface area contributed by atoms with E-state index >= 15 is 0 Å². The highest BCUT2D eigenvalue weighted by Crippen LogP contribution is 2.20. The standard InChI is InChI=1S/C14H19N5O2/c1-18(2)11-5-3-10(4-6-11)16-13-12(9-21)17-19(7-8-20)14(13)15/h3-6,15,20-21H,7-9H2,1-2H3. The average molecular weight is 289 g/mol. The minimum Gasteiger partial charge on any atom is -0.394 e. The molecule has 0 radical (unpaired) electrons. The van der Waals surface area contributed by atoms with Crippen LogP contribution in [0.4, 0.5) is 11.4 Å². The Morgan fingerprint density at radius 3 is 2.43 bits per heavy atom. The molecule has 1 heterocycles. The van der Waals surface area contributed by atoms with Gasteiger partial charge in [-0.05, 0) is 24.3 Å². The molecule has 3 N–H and O–H groups in total. The fourth-order valence-electron chi connectivity index (χ4n) is 1.94. The largest absolute Gasteiger partial charge is 0.394 e. The summed E-state index contributed by atoms with van der Waals surface area (Å²) >= 11 is 0. The number of benzene rings is 1. The van der Waals surface area contributed by atoms with Crippen LogP contribution in [0.3, 0.4) is 0 Å². The summed E-state index contributed by atoms with van der Waals surface area (Å²) in [6.45, 7) is -0.199. The Balaban J connectivity index is 2.27. The molecule has 1 aliphatic heterocycles. The van der Waals surface area contributed by atoms with Gasteiger partial charge in [-0.3, -0.25) is 5.41 Å². The van der Waals surface area contributed by atoms with Crippen LogP contribution in [0.2, 0.25) is 0 Å². The van der Waals surface area contributed by atoms with Crippen molar-refractivity contribution in [2.24, 2.45) is 10.1 Å². The molecule has 0 bridgehead atoms. The molecule has 0 saturated carbocycles. The van der Waals surface area contributed by atoms with Gasteiger partial charge in [0, 0.05) is 19.8 Å². The van der Waals surface area contributed by atoms with Gasteiger partial charge in [0.05, 0.1) is 25.4 Å². The maximum Gasteiger partial charge on any atom is 0.169 e. The summed E-state index contributed by atoms with van der Waals surface area (Å²) in [5.41, 5.74) is 2.42. The third-order valence-corrected chi connectivity index (χ3v) is 3.07. The Hall–Kier alpha value is -2.25. The third kappa shape index (κ3) is 3.26. The Labute approximate surface area is 123 Å². The molecule has 0 spiro atoms. The van der Waals surface area contributed by atoms with Gasteiger partial charge < -0.3 is 15.1 Å². The molecule has 2 rings (SSSR count). The van der Waals surface area contributed by atoms with Gasteiger partial charge in [0.1, 0.15) is 11.4 Å². The SMILES string of the molecule is CN(C)c1ccc(N=C2C(=N)N(CCO)N=C2CO)cc1. The molecule has 0 atom stereocenters. The topological polar surface area (TPSA) is 95.5 Å². The number of hydrogen-bond donors (Lipinski definition) is 3. The minimum atomic E-state index is -0.293. The number of hydrazone groups is 1. The van der Waals surface area contributed by atoms with Gasteiger partial charge in [-0.2, -0.15) is 5.10 Å². The number of nitrogens with zero attached hydrogens (tertiary/aromatic N) is 4. The van der Waals surface area contributed by atoms with Gasteiger partial charge in [-0.15, -0.1) is 0 Å². The van der Waals surface area contributed by atoms with Crippen molar-refractivity contribution >= 4 is 28.6 Å². The Bertz CT molecular complexity index is 578. The summed E-state index contributed by atoms with van der Waals surface area (Å²) in [5, 5.41) is 31.7. The number of aliphatic imine (C=N–C) groups is 1. The number of anilines is 1. The van der Waals surface area contributed by atoms with Crippen LogP contribution < -0.4 is 4.90 Å². The lowest BCUT2D eigenvalue weighted by molar-refractivity contribution is 0.254. The maximum atomic E-state index is 9.33. The average Bonchev–Trinajstić information content (AvgIpc) is 2.77. The smallest absolute Gasteiger partial charge is 0.169 e. The maximum absolute atomic E-state index is 9.33. The molecule has 1 aliphatic rings. The van der Waals surface area contributed by atoms with E-state index in [2.05, 4.69) is 10.1 Å². The zero-order valence-electron chi connectivity index (χ0n) is 12.1. The van der Waals surface area contributed by atoms with Crippen LogP contribution in [0.15, 0.2) is 34.4 Å². The molecule has 7 heteroatoms. The van der Waals surface area contributed by atoms with Crippen LogP contribution >= 0.6 is 0 Å². The van der Waals surface area contributed by atoms with Crippen LogP contribution in [-0.4, -0.2) is 66.3 Å². The molecule has 112 valence electrons. The fraction of sp³-hybridized carbons (Fsp3) is 0.357. The molecule has 0 unspecified atom stereocenters. The van der Waals surface area contributed by atoms with Gasteiger partial charge in [-0.1, -0.05) is 0 Å². The number of β-amino-alcohol motifs (C(OH)–C–C–N with tert-alkyl or cyclic N) is 1. The second-order valence-corrected chi connectivity index (χ2v) is 4.77. The molecule has 1 aromatic carbocycles. The highest BCUT2D eigenvalue weighted by molar-refractivity contribution is 6.70. The van der Waals surface area contributed by atoms with Crippen LogP contribution in [0, 0.1) is 5.41 Å². The van der Waals surface area contributed by atoms with Gasteiger partial charge >= 0.3 is 0 Å². The highest BCUT2D eigenvalue weighted by atomic mass is 16.3. The molecule has 0 saturated heterocycles. The molecule has 0 aliphatic carbocycles. The van der Waals surface area contributed by atoms with E-state index in [-0.39, 0.29) is 25.6 Å². The summed E-state index contributed by atoms with van der Waals surface area (Å²) in [6, 6.07) is 7.55. The number of aliphatic hydroxyl groups is 2. The van der Waals surface area contributed by atoms with E-state index in [0.717, 1.165) is 5.69 Å². The van der Waals surface area contributed by atoms with Crippen molar-refractivity contribution in [3.8, 4) is 0 Å². The van der Waals surface area contributed by atoms with E-state index in [1.54, 1.807) is 0 Å². The van der Waals surface area contributed by atoms with Gasteiger partial charge in [-0.25, -0.2) is 10.0 Å². The summed E-state index contributed by atoms with van der Waals surface area (Å²) in [6.07, 6.45) is 0. The van der Waals surface area contributed by atoms with Crippen molar-refractivity contribution in [1.82, 2.24) is 5.01 Å². The first-order chi connectivity index (χ1) is 10.1. The molecular formula is C14H19N5O2. The van der Waals surface area contributed by atoms with Gasteiger partial charge in [0.15, 0.2) is 5.84 Å². The Morgan fingerprint density at radius 2 is 1.90 bits per heavy atom. The zero-order chi connectivity index (χ0) is 15.4. The van der Waals surface area contributed by atoms with E-state index in [4.69, 9.17) is 10.5 Å². The van der Waals surface area contributed by atoms with E-state index in [1.807, 2.05) is 43.3 Å². The number of rotatable bonds is 5. The molecule has 7 nitrogen and oxygen atoms in total. The fourth-order valence-corrected chi connectivity index (χ4v) is 1.94. The first-order valence-corrected chi connectivity index (χ1v) is 6.59. The molecule has 21 heavy (non-hydrogen) atoms. The van der Waals surface area contributed by atoms with Crippen LogP contribution in [-0.2, 0) is 0 Å². The van der Waals surface area contributed by atoms with Crippen molar-refractivity contribution in [2.45, 2.75) is 0 Å². The van der Waals surface area contributed by atoms with Crippen molar-refractivity contribution in [2.75, 3.05) is 38.8 Å². The number of amidine groups is 1. The summed E-state index contributed by atoms with van der Waals surface area (Å²) in [7, 11) is 3.91. The highest BCUT2D eigenvalue weighted by Gasteiger charge is 2.27. The van der Waals surface area contributed by atoms with Crippen molar-refractivity contribution < 1.29 is 10.2 Å². The van der Waals surface area contributed by atoms with E-state index in [1.165, 1.54) is 5.01 Å². The second kappa shape index (κ2) is 6.47.